The van der Waals surface area contributed by atoms with Crippen molar-refractivity contribution in [3.05, 3.63) is 149 Å². The van der Waals surface area contributed by atoms with Crippen molar-refractivity contribution >= 4 is 49.3 Å². The number of nitrogens with zero attached hydrogens (tertiary/aromatic N) is 4. The summed E-state index contributed by atoms with van der Waals surface area (Å²) in [5.74, 6) is 0. The van der Waals surface area contributed by atoms with Crippen LogP contribution in [0, 0.1) is 31.8 Å². The molecule has 0 aliphatic carbocycles. The first-order valence-electron chi connectivity index (χ1n) is 15.4. The van der Waals surface area contributed by atoms with Gasteiger partial charge >= 0.3 is 6.18 Å². The van der Waals surface area contributed by atoms with Gasteiger partial charge in [0.2, 0.25) is 0 Å². The van der Waals surface area contributed by atoms with Crippen LogP contribution >= 0.6 is 0 Å². The van der Waals surface area contributed by atoms with E-state index in [9.17, 15) is 5.26 Å². The lowest BCUT2D eigenvalue weighted by Gasteiger charge is -2.24. The molecule has 0 fully saturated rings. The lowest BCUT2D eigenvalue weighted by Crippen LogP contribution is -2.11. The molecule has 8 rings (SSSR count). The summed E-state index contributed by atoms with van der Waals surface area (Å²) < 4.78 is 49.3. The Balaban J connectivity index is 1.67. The van der Waals surface area contributed by atoms with Crippen molar-refractivity contribution in [1.82, 2.24) is 9.13 Å². The molecule has 0 unspecified atom stereocenters. The second-order valence-corrected chi connectivity index (χ2v) is 12.0. The highest BCUT2D eigenvalue weighted by atomic mass is 19.4. The van der Waals surface area contributed by atoms with E-state index in [-0.39, 0.29) is 16.8 Å². The molecule has 2 heterocycles. The second kappa shape index (κ2) is 10.6. The maximum absolute atomic E-state index is 15.1. The van der Waals surface area contributed by atoms with Crippen molar-refractivity contribution in [3.63, 3.8) is 0 Å². The Kier molecular flexibility index (Phi) is 6.44. The molecule has 2 aromatic heterocycles. The summed E-state index contributed by atoms with van der Waals surface area (Å²) in [6, 6.07) is 36.5. The van der Waals surface area contributed by atoms with Crippen LogP contribution in [0.5, 0.6) is 0 Å². The van der Waals surface area contributed by atoms with Crippen molar-refractivity contribution < 1.29 is 13.2 Å². The third-order valence-corrected chi connectivity index (χ3v) is 9.21. The summed E-state index contributed by atoms with van der Waals surface area (Å²) in [4.78, 5) is 3.87. The predicted octanol–water partition coefficient (Wildman–Crippen LogP) is 11.6. The number of fused-ring (bicyclic) bond motifs is 6. The van der Waals surface area contributed by atoms with Gasteiger partial charge in [0.05, 0.1) is 45.8 Å². The zero-order valence-electron chi connectivity index (χ0n) is 25.9. The van der Waals surface area contributed by atoms with Gasteiger partial charge in [0.1, 0.15) is 0 Å². The molecule has 0 saturated heterocycles. The van der Waals surface area contributed by atoms with Crippen molar-refractivity contribution in [2.75, 3.05) is 0 Å². The topological polar surface area (TPSA) is 38.0 Å². The molecule has 0 aliphatic rings. The number of hydrogen-bond acceptors (Lipinski definition) is 1. The zero-order valence-corrected chi connectivity index (χ0v) is 25.9. The van der Waals surface area contributed by atoms with E-state index in [2.05, 4.69) is 4.85 Å². The minimum Gasteiger partial charge on any atom is -0.310 e. The maximum Gasteiger partial charge on any atom is 0.417 e. The van der Waals surface area contributed by atoms with Gasteiger partial charge in [0.15, 0.2) is 5.69 Å². The van der Waals surface area contributed by atoms with Gasteiger partial charge in [0, 0.05) is 38.5 Å². The van der Waals surface area contributed by atoms with Crippen LogP contribution in [0.3, 0.4) is 0 Å². The van der Waals surface area contributed by atoms with Gasteiger partial charge in [-0.15, -0.1) is 0 Å². The van der Waals surface area contributed by atoms with Gasteiger partial charge in [0.25, 0.3) is 0 Å². The van der Waals surface area contributed by atoms with E-state index in [1.54, 1.807) is 12.1 Å². The molecule has 0 radical (unpaired) electrons. The Morgan fingerprint density at radius 3 is 1.62 bits per heavy atom. The number of aryl methyl sites for hydroxylation is 2. The van der Waals surface area contributed by atoms with Crippen LogP contribution in [-0.4, -0.2) is 9.13 Å². The van der Waals surface area contributed by atoms with Gasteiger partial charge in [-0.25, -0.2) is 4.85 Å². The van der Waals surface area contributed by atoms with Crippen LogP contribution in [0.1, 0.15) is 22.3 Å². The average Bonchev–Trinajstić information content (AvgIpc) is 3.62. The van der Waals surface area contributed by atoms with E-state index < -0.39 is 11.7 Å². The van der Waals surface area contributed by atoms with E-state index in [0.29, 0.717) is 16.9 Å². The summed E-state index contributed by atoms with van der Waals surface area (Å²) in [5, 5.41) is 13.4. The van der Waals surface area contributed by atoms with Crippen molar-refractivity contribution in [3.8, 4) is 28.6 Å². The number of nitriles is 1. The van der Waals surface area contributed by atoms with Crippen molar-refractivity contribution in [2.24, 2.45) is 0 Å². The van der Waals surface area contributed by atoms with Crippen LogP contribution in [0.15, 0.2) is 115 Å². The molecule has 0 aliphatic heterocycles. The highest BCUT2D eigenvalue weighted by molar-refractivity contribution is 6.13. The minimum absolute atomic E-state index is 0.0814. The average molecular weight is 631 g/mol. The van der Waals surface area contributed by atoms with Crippen LogP contribution in [0.4, 0.5) is 18.9 Å². The Bertz CT molecular complexity index is 2570. The summed E-state index contributed by atoms with van der Waals surface area (Å²) in [5.41, 5.74) is 5.53. The molecule has 0 saturated carbocycles. The second-order valence-electron chi connectivity index (χ2n) is 12.0. The molecular formula is C41H25F3N4. The first-order chi connectivity index (χ1) is 23.2. The summed E-state index contributed by atoms with van der Waals surface area (Å²) in [6.45, 7) is 12.1. The van der Waals surface area contributed by atoms with E-state index in [4.69, 9.17) is 6.57 Å². The van der Waals surface area contributed by atoms with Gasteiger partial charge in [-0.3, -0.25) is 0 Å². The van der Waals surface area contributed by atoms with Crippen LogP contribution in [-0.2, 0) is 6.18 Å². The molecule has 0 spiro atoms. The highest BCUT2D eigenvalue weighted by Gasteiger charge is 2.36. The fraction of sp³-hybridized carbons (Fsp3) is 0.0732. The Labute approximate surface area is 273 Å². The predicted molar refractivity (Wildman–Crippen MR) is 186 cm³/mol. The van der Waals surface area contributed by atoms with E-state index >= 15 is 13.2 Å². The van der Waals surface area contributed by atoms with Crippen LogP contribution in [0.25, 0.3) is 71.0 Å². The SMILES string of the molecule is [C-]#[N+]c1cc(-n2c3ccccc3c3cccc(C)c32)c(-c2ccc(C#N)cc2C(F)(F)F)c(-n2c3ccccc3c3cccc(C)c32)c1. The Hall–Kier alpha value is -6.31. The molecule has 8 aromatic rings. The standard InChI is InChI=1S/C41H25F3N4/c1-24-10-8-14-30-28-12-4-6-16-34(28)47(39(24)30)36-21-27(46-3)22-37(38(36)32-19-18-26(23-45)20-33(32)41(42,43)44)48-35-17-7-5-13-29(35)31-15-9-11-25(2)40(31)48/h4-22H,1-2H3. The van der Waals surface area contributed by atoms with E-state index in [1.807, 2.05) is 114 Å². The monoisotopic (exact) mass is 630 g/mol. The third kappa shape index (κ3) is 4.22. The molecule has 0 bridgehead atoms. The zero-order chi connectivity index (χ0) is 33.3. The third-order valence-electron chi connectivity index (χ3n) is 9.21. The van der Waals surface area contributed by atoms with E-state index in [1.165, 1.54) is 12.1 Å². The number of alkyl halides is 3. The summed E-state index contributed by atoms with van der Waals surface area (Å²) >= 11 is 0. The highest BCUT2D eigenvalue weighted by Crippen LogP contribution is 2.48. The Morgan fingerprint density at radius 2 is 1.15 bits per heavy atom. The number of aromatic nitrogens is 2. The number of hydrogen-bond donors (Lipinski definition) is 0. The van der Waals surface area contributed by atoms with Crippen molar-refractivity contribution in [1.29, 1.82) is 5.26 Å². The van der Waals surface area contributed by atoms with E-state index in [0.717, 1.165) is 60.8 Å². The molecular weight excluding hydrogens is 605 g/mol. The lowest BCUT2D eigenvalue weighted by molar-refractivity contribution is -0.137. The van der Waals surface area contributed by atoms with Crippen LogP contribution < -0.4 is 0 Å². The summed E-state index contributed by atoms with van der Waals surface area (Å²) in [7, 11) is 0. The number of para-hydroxylation sites is 4. The fourth-order valence-electron chi connectivity index (χ4n) is 7.24. The number of benzene rings is 6. The molecule has 4 nitrogen and oxygen atoms in total. The van der Waals surface area contributed by atoms with Gasteiger partial charge in [-0.2, -0.15) is 18.4 Å². The molecule has 7 heteroatoms. The maximum atomic E-state index is 15.1. The van der Waals surface area contributed by atoms with Gasteiger partial charge in [-0.05, 0) is 66.9 Å². The molecule has 0 N–H and O–H groups in total. The van der Waals surface area contributed by atoms with Crippen LogP contribution in [0.2, 0.25) is 0 Å². The minimum atomic E-state index is -4.78. The Morgan fingerprint density at radius 1 is 0.646 bits per heavy atom. The lowest BCUT2D eigenvalue weighted by atomic mass is 9.93. The smallest absolute Gasteiger partial charge is 0.310 e. The van der Waals surface area contributed by atoms with Gasteiger partial charge in [-0.1, -0.05) is 78.9 Å². The fourth-order valence-corrected chi connectivity index (χ4v) is 7.24. The quantitative estimate of drug-likeness (QED) is 0.179. The molecule has 0 atom stereocenters. The molecule has 230 valence electrons. The first-order valence-corrected chi connectivity index (χ1v) is 15.4. The summed E-state index contributed by atoms with van der Waals surface area (Å²) in [6.07, 6.45) is -4.78. The van der Waals surface area contributed by atoms with Gasteiger partial charge < -0.3 is 9.13 Å². The molecule has 6 aromatic carbocycles. The first kappa shape index (κ1) is 29.1. The molecule has 48 heavy (non-hydrogen) atoms. The number of rotatable bonds is 3. The number of halogens is 3. The van der Waals surface area contributed by atoms with Crippen molar-refractivity contribution in [2.45, 2.75) is 20.0 Å². The normalized spacial score (nSPS) is 11.8. The largest absolute Gasteiger partial charge is 0.417 e. The molecule has 0 amide bonds.